The van der Waals surface area contributed by atoms with Crippen LogP contribution in [0.1, 0.15) is 15.9 Å². The number of amides is 1. The number of anilines is 1. The van der Waals surface area contributed by atoms with E-state index in [0.717, 1.165) is 16.5 Å². The van der Waals surface area contributed by atoms with E-state index in [4.69, 9.17) is 11.6 Å². The summed E-state index contributed by atoms with van der Waals surface area (Å²) in [6, 6.07) is 13.3. The average Bonchev–Trinajstić information content (AvgIpc) is 2.81. The summed E-state index contributed by atoms with van der Waals surface area (Å²) in [5.74, 6) is -0.133. The summed E-state index contributed by atoms with van der Waals surface area (Å²) >= 11 is 6.09. The smallest absolute Gasteiger partial charge is 0.257 e. The fraction of sp³-hybridized carbons (Fsp3) is 0.118. The highest BCUT2D eigenvalue weighted by Crippen LogP contribution is 2.23. The van der Waals surface area contributed by atoms with Crippen molar-refractivity contribution < 1.29 is 4.79 Å². The molecule has 3 nitrogen and oxygen atoms in total. The van der Waals surface area contributed by atoms with E-state index in [9.17, 15) is 4.79 Å². The van der Waals surface area contributed by atoms with Gasteiger partial charge in [-0.1, -0.05) is 35.9 Å². The Hall–Kier alpha value is -2.26. The van der Waals surface area contributed by atoms with Crippen LogP contribution in [0.3, 0.4) is 0 Å². The lowest BCUT2D eigenvalue weighted by molar-refractivity contribution is 0.102. The van der Waals surface area contributed by atoms with Gasteiger partial charge in [0, 0.05) is 34.9 Å². The Labute approximate surface area is 128 Å². The first-order valence-electron chi connectivity index (χ1n) is 6.68. The van der Waals surface area contributed by atoms with E-state index in [-0.39, 0.29) is 5.91 Å². The largest absolute Gasteiger partial charge is 0.350 e. The number of hydrogen-bond donors (Lipinski definition) is 1. The van der Waals surface area contributed by atoms with Crippen molar-refractivity contribution in [1.82, 2.24) is 4.57 Å². The molecule has 0 radical (unpaired) electrons. The van der Waals surface area contributed by atoms with Gasteiger partial charge in [0.25, 0.3) is 5.91 Å². The molecule has 1 aromatic heterocycles. The van der Waals surface area contributed by atoms with Crippen LogP contribution in [0.2, 0.25) is 5.02 Å². The van der Waals surface area contributed by atoms with E-state index in [0.29, 0.717) is 16.3 Å². The fourth-order valence-electron chi connectivity index (χ4n) is 2.39. The molecule has 3 rings (SSSR count). The second-order valence-electron chi connectivity index (χ2n) is 5.09. The number of aryl methyl sites for hydroxylation is 2. The van der Waals surface area contributed by atoms with Crippen LogP contribution >= 0.6 is 11.6 Å². The number of para-hydroxylation sites is 1. The summed E-state index contributed by atoms with van der Waals surface area (Å²) in [5.41, 5.74) is 3.37. The molecule has 0 saturated heterocycles. The van der Waals surface area contributed by atoms with E-state index < -0.39 is 0 Å². The van der Waals surface area contributed by atoms with E-state index in [1.807, 2.05) is 61.1 Å². The first kappa shape index (κ1) is 13.7. The van der Waals surface area contributed by atoms with E-state index in [1.54, 1.807) is 6.07 Å². The van der Waals surface area contributed by atoms with Crippen molar-refractivity contribution in [2.75, 3.05) is 5.32 Å². The van der Waals surface area contributed by atoms with Gasteiger partial charge in [-0.05, 0) is 30.7 Å². The molecule has 0 aliphatic rings. The molecule has 2 aromatic carbocycles. The average molecular weight is 299 g/mol. The van der Waals surface area contributed by atoms with Crippen LogP contribution in [0.25, 0.3) is 10.9 Å². The van der Waals surface area contributed by atoms with E-state index in [1.165, 1.54) is 0 Å². The van der Waals surface area contributed by atoms with Crippen molar-refractivity contribution in [3.8, 4) is 0 Å². The molecule has 0 unspecified atom stereocenters. The second kappa shape index (κ2) is 5.26. The molecule has 0 bridgehead atoms. The zero-order chi connectivity index (χ0) is 15.0. The van der Waals surface area contributed by atoms with Gasteiger partial charge in [0.15, 0.2) is 0 Å². The van der Waals surface area contributed by atoms with Crippen molar-refractivity contribution in [1.29, 1.82) is 0 Å². The van der Waals surface area contributed by atoms with Gasteiger partial charge in [0.1, 0.15) is 0 Å². The Kier molecular flexibility index (Phi) is 3.43. The van der Waals surface area contributed by atoms with Crippen LogP contribution in [0.15, 0.2) is 48.7 Å². The fourth-order valence-corrected chi connectivity index (χ4v) is 2.57. The van der Waals surface area contributed by atoms with Gasteiger partial charge in [0.05, 0.1) is 5.56 Å². The van der Waals surface area contributed by atoms with Crippen molar-refractivity contribution in [2.24, 2.45) is 7.05 Å². The monoisotopic (exact) mass is 298 g/mol. The molecule has 106 valence electrons. The Bertz CT molecular complexity index is 836. The van der Waals surface area contributed by atoms with Crippen LogP contribution in [0.5, 0.6) is 0 Å². The normalized spacial score (nSPS) is 10.8. The third-order valence-corrected chi connectivity index (χ3v) is 3.98. The third kappa shape index (κ3) is 2.52. The molecule has 0 saturated carbocycles. The number of hydrogen-bond acceptors (Lipinski definition) is 1. The van der Waals surface area contributed by atoms with Crippen molar-refractivity contribution in [3.05, 3.63) is 64.8 Å². The number of fused-ring (bicyclic) bond motifs is 1. The molecular weight excluding hydrogens is 284 g/mol. The van der Waals surface area contributed by atoms with Gasteiger partial charge in [-0.15, -0.1) is 0 Å². The van der Waals surface area contributed by atoms with Crippen molar-refractivity contribution in [3.63, 3.8) is 0 Å². The lowest BCUT2D eigenvalue weighted by Crippen LogP contribution is -2.11. The van der Waals surface area contributed by atoms with Crippen molar-refractivity contribution >= 4 is 34.1 Å². The highest BCUT2D eigenvalue weighted by Gasteiger charge is 2.13. The molecule has 3 aromatic rings. The molecule has 0 fully saturated rings. The second-order valence-corrected chi connectivity index (χ2v) is 5.50. The van der Waals surface area contributed by atoms with E-state index >= 15 is 0 Å². The summed E-state index contributed by atoms with van der Waals surface area (Å²) in [7, 11) is 1.93. The third-order valence-electron chi connectivity index (χ3n) is 3.57. The number of aromatic nitrogens is 1. The van der Waals surface area contributed by atoms with E-state index in [2.05, 4.69) is 5.32 Å². The molecule has 0 aliphatic heterocycles. The molecule has 1 heterocycles. The summed E-state index contributed by atoms with van der Waals surface area (Å²) < 4.78 is 1.95. The standard InChI is InChI=1S/C17H15ClN2O/c1-11-7-8-12(9-15(11)18)19-17(21)14-10-20(2)16-6-4-3-5-13(14)16/h3-10H,1-2H3,(H,19,21). The number of rotatable bonds is 2. The first-order valence-corrected chi connectivity index (χ1v) is 7.05. The zero-order valence-electron chi connectivity index (χ0n) is 11.9. The van der Waals surface area contributed by atoms with Gasteiger partial charge in [0.2, 0.25) is 0 Å². The summed E-state index contributed by atoms with van der Waals surface area (Å²) in [4.78, 5) is 12.5. The van der Waals surface area contributed by atoms with Crippen LogP contribution in [0.4, 0.5) is 5.69 Å². The lowest BCUT2D eigenvalue weighted by atomic mass is 10.1. The highest BCUT2D eigenvalue weighted by atomic mass is 35.5. The molecule has 4 heteroatoms. The number of carbonyl (C=O) groups is 1. The van der Waals surface area contributed by atoms with Gasteiger partial charge in [-0.25, -0.2) is 0 Å². The minimum atomic E-state index is -0.133. The summed E-state index contributed by atoms with van der Waals surface area (Å²) in [6.07, 6.45) is 1.84. The summed E-state index contributed by atoms with van der Waals surface area (Å²) in [6.45, 7) is 1.93. The number of halogens is 1. The quantitative estimate of drug-likeness (QED) is 0.748. The van der Waals surface area contributed by atoms with Crippen LogP contribution in [-0.4, -0.2) is 10.5 Å². The molecule has 21 heavy (non-hydrogen) atoms. The van der Waals surface area contributed by atoms with Crippen LogP contribution in [-0.2, 0) is 7.05 Å². The molecule has 0 aliphatic carbocycles. The Morgan fingerprint density at radius 1 is 1.19 bits per heavy atom. The number of nitrogens with one attached hydrogen (secondary N) is 1. The SMILES string of the molecule is Cc1ccc(NC(=O)c2cn(C)c3ccccc23)cc1Cl. The maximum atomic E-state index is 12.5. The van der Waals surface area contributed by atoms with Crippen LogP contribution in [0, 0.1) is 6.92 Å². The topological polar surface area (TPSA) is 34.0 Å². The minimum absolute atomic E-state index is 0.133. The zero-order valence-corrected chi connectivity index (χ0v) is 12.6. The lowest BCUT2D eigenvalue weighted by Gasteiger charge is -2.06. The maximum Gasteiger partial charge on any atom is 0.257 e. The molecule has 1 amide bonds. The number of carbonyl (C=O) groups excluding carboxylic acids is 1. The van der Waals surface area contributed by atoms with Gasteiger partial charge in [-0.3, -0.25) is 4.79 Å². The summed E-state index contributed by atoms with van der Waals surface area (Å²) in [5, 5.41) is 4.48. The molecule has 1 N–H and O–H groups in total. The Morgan fingerprint density at radius 2 is 1.95 bits per heavy atom. The molecule has 0 spiro atoms. The van der Waals surface area contributed by atoms with Crippen LogP contribution < -0.4 is 5.32 Å². The van der Waals surface area contributed by atoms with Gasteiger partial charge < -0.3 is 9.88 Å². The Morgan fingerprint density at radius 3 is 2.71 bits per heavy atom. The number of benzene rings is 2. The predicted molar refractivity (Wildman–Crippen MR) is 87.1 cm³/mol. The predicted octanol–water partition coefficient (Wildman–Crippen LogP) is 4.39. The van der Waals surface area contributed by atoms with Gasteiger partial charge >= 0.3 is 0 Å². The highest BCUT2D eigenvalue weighted by molar-refractivity contribution is 6.31. The molecule has 0 atom stereocenters. The molecular formula is C17H15ClN2O. The minimum Gasteiger partial charge on any atom is -0.350 e. The number of nitrogens with zero attached hydrogens (tertiary/aromatic N) is 1. The van der Waals surface area contributed by atoms with Crippen molar-refractivity contribution in [2.45, 2.75) is 6.92 Å². The Balaban J connectivity index is 1.95. The first-order chi connectivity index (χ1) is 10.1. The maximum absolute atomic E-state index is 12.5. The van der Waals surface area contributed by atoms with Gasteiger partial charge in [-0.2, -0.15) is 0 Å².